The van der Waals surface area contributed by atoms with E-state index < -0.39 is 42.3 Å². The molecule has 0 aromatic rings. The van der Waals surface area contributed by atoms with Crippen LogP contribution in [-0.2, 0) is 38.2 Å². The Hall–Kier alpha value is -2.69. The van der Waals surface area contributed by atoms with Gasteiger partial charge in [-0.15, -0.1) is 5.06 Å². The number of ether oxygens (including phenoxy) is 3. The van der Waals surface area contributed by atoms with E-state index in [1.807, 2.05) is 13.8 Å². The Balaban J connectivity index is 1.77. The summed E-state index contributed by atoms with van der Waals surface area (Å²) in [5.74, 6) is -2.31. The van der Waals surface area contributed by atoms with E-state index in [2.05, 4.69) is 10.0 Å². The summed E-state index contributed by atoms with van der Waals surface area (Å²) in [6.45, 7) is 5.44. The quantitative estimate of drug-likeness (QED) is 0.125. The normalized spacial score (nSPS) is 28.2. The summed E-state index contributed by atoms with van der Waals surface area (Å²) >= 11 is 0. The maximum absolute atomic E-state index is 11.8. The van der Waals surface area contributed by atoms with Gasteiger partial charge in [0.1, 0.15) is 12.2 Å². The maximum Gasteiger partial charge on any atom is 0.333 e. The molecule has 0 N–H and O–H groups in total. The minimum atomic E-state index is -0.654. The van der Waals surface area contributed by atoms with E-state index in [0.717, 1.165) is 0 Å². The Labute approximate surface area is 179 Å². The Bertz CT molecular complexity index is 722. The molecule has 31 heavy (non-hydrogen) atoms. The van der Waals surface area contributed by atoms with Gasteiger partial charge in [-0.1, -0.05) is 19.0 Å². The molecule has 2 unspecified atom stereocenters. The highest BCUT2D eigenvalue weighted by atomic mass is 16.7. The summed E-state index contributed by atoms with van der Waals surface area (Å²) < 4.78 is 17.1. The SMILES string of the molecule is CC(=O)O[C@H]1C(CN=[N+]=[N-])O[C@H](OCCCCC(=O)ON2C(=O)CCC2=O)C(C)[C@H]1C. The van der Waals surface area contributed by atoms with Gasteiger partial charge >= 0.3 is 11.9 Å². The van der Waals surface area contributed by atoms with Crippen LogP contribution < -0.4 is 0 Å². The van der Waals surface area contributed by atoms with Gasteiger partial charge in [0.2, 0.25) is 0 Å². The first-order chi connectivity index (χ1) is 14.7. The van der Waals surface area contributed by atoms with Crippen molar-refractivity contribution in [3.8, 4) is 0 Å². The molecule has 172 valence electrons. The van der Waals surface area contributed by atoms with Gasteiger partial charge in [-0.3, -0.25) is 14.4 Å². The van der Waals surface area contributed by atoms with Crippen molar-refractivity contribution >= 4 is 23.8 Å². The lowest BCUT2D eigenvalue weighted by Gasteiger charge is -2.43. The van der Waals surface area contributed by atoms with E-state index in [1.54, 1.807) is 0 Å². The Morgan fingerprint density at radius 3 is 2.48 bits per heavy atom. The summed E-state index contributed by atoms with van der Waals surface area (Å²) in [4.78, 5) is 53.7. The fourth-order valence-corrected chi connectivity index (χ4v) is 3.47. The number of hydrogen-bond acceptors (Lipinski definition) is 9. The highest BCUT2D eigenvalue weighted by Crippen LogP contribution is 2.33. The Morgan fingerprint density at radius 2 is 1.87 bits per heavy atom. The maximum atomic E-state index is 11.8. The van der Waals surface area contributed by atoms with E-state index >= 15 is 0 Å². The third-order valence-electron chi connectivity index (χ3n) is 5.34. The minimum Gasteiger partial charge on any atom is -0.459 e. The molecule has 12 nitrogen and oxygen atoms in total. The first kappa shape index (κ1) is 24.6. The summed E-state index contributed by atoms with van der Waals surface area (Å²) in [6.07, 6.45) is -0.673. The van der Waals surface area contributed by atoms with Crippen molar-refractivity contribution in [2.24, 2.45) is 17.0 Å². The second-order valence-electron chi connectivity index (χ2n) is 7.62. The van der Waals surface area contributed by atoms with Crippen molar-refractivity contribution < 1.29 is 38.2 Å². The zero-order valence-electron chi connectivity index (χ0n) is 17.9. The molecular weight excluding hydrogens is 412 g/mol. The molecule has 5 atom stereocenters. The van der Waals surface area contributed by atoms with Gasteiger partial charge < -0.3 is 19.0 Å². The number of imide groups is 1. The number of hydrogen-bond donors (Lipinski definition) is 0. The van der Waals surface area contributed by atoms with E-state index in [1.165, 1.54) is 6.92 Å². The molecule has 0 aliphatic carbocycles. The molecule has 0 aromatic carbocycles. The predicted molar refractivity (Wildman–Crippen MR) is 104 cm³/mol. The van der Waals surface area contributed by atoms with Crippen LogP contribution in [0, 0.1) is 11.8 Å². The van der Waals surface area contributed by atoms with Gasteiger partial charge in [0.25, 0.3) is 11.8 Å². The lowest BCUT2D eigenvalue weighted by molar-refractivity contribution is -0.264. The van der Waals surface area contributed by atoms with E-state index in [4.69, 9.17) is 24.6 Å². The minimum absolute atomic E-state index is 0.00511. The molecule has 0 aromatic heterocycles. The first-order valence-corrected chi connectivity index (χ1v) is 10.3. The average molecular weight is 440 g/mol. The van der Waals surface area contributed by atoms with Crippen LogP contribution >= 0.6 is 0 Å². The van der Waals surface area contributed by atoms with Crippen LogP contribution in [0.3, 0.4) is 0 Å². The lowest BCUT2D eigenvalue weighted by atomic mass is 9.84. The molecule has 12 heteroatoms. The topological polar surface area (TPSA) is 157 Å². The van der Waals surface area contributed by atoms with E-state index in [9.17, 15) is 19.2 Å². The van der Waals surface area contributed by atoms with Gasteiger partial charge in [0.15, 0.2) is 6.29 Å². The second-order valence-corrected chi connectivity index (χ2v) is 7.62. The summed E-state index contributed by atoms with van der Waals surface area (Å²) in [6, 6.07) is 0. The molecular formula is C19H28N4O8. The van der Waals surface area contributed by atoms with E-state index in [-0.39, 0.29) is 37.6 Å². The van der Waals surface area contributed by atoms with Crippen molar-refractivity contribution in [2.75, 3.05) is 13.2 Å². The molecule has 2 aliphatic heterocycles. The fourth-order valence-electron chi connectivity index (χ4n) is 3.47. The molecule has 0 saturated carbocycles. The van der Waals surface area contributed by atoms with Crippen molar-refractivity contribution in [3.05, 3.63) is 10.4 Å². The predicted octanol–water partition coefficient (Wildman–Crippen LogP) is 2.02. The van der Waals surface area contributed by atoms with Gasteiger partial charge in [-0.2, -0.15) is 0 Å². The zero-order chi connectivity index (χ0) is 23.0. The molecule has 2 saturated heterocycles. The zero-order valence-corrected chi connectivity index (χ0v) is 17.9. The van der Waals surface area contributed by atoms with Crippen LogP contribution in [0.25, 0.3) is 10.4 Å². The molecule has 0 spiro atoms. The third-order valence-corrected chi connectivity index (χ3v) is 5.34. The number of rotatable bonds is 10. The number of carbonyl (C=O) groups excluding carboxylic acids is 4. The fraction of sp³-hybridized carbons (Fsp3) is 0.789. The second kappa shape index (κ2) is 11.6. The Morgan fingerprint density at radius 1 is 1.19 bits per heavy atom. The number of azide groups is 1. The lowest BCUT2D eigenvalue weighted by Crippen LogP contribution is -2.52. The van der Waals surface area contributed by atoms with Crippen LogP contribution in [0.1, 0.15) is 52.9 Å². The van der Waals surface area contributed by atoms with Crippen LogP contribution in [0.5, 0.6) is 0 Å². The van der Waals surface area contributed by atoms with Crippen LogP contribution in [0.2, 0.25) is 0 Å². The molecule has 2 fully saturated rings. The Kier molecular flexibility index (Phi) is 9.22. The summed E-state index contributed by atoms with van der Waals surface area (Å²) in [5.41, 5.74) is 8.60. The largest absolute Gasteiger partial charge is 0.459 e. The van der Waals surface area contributed by atoms with Gasteiger partial charge in [-0.25, -0.2) is 4.79 Å². The average Bonchev–Trinajstić information content (AvgIpc) is 3.03. The molecule has 2 rings (SSSR count). The number of nitrogens with zero attached hydrogens (tertiary/aromatic N) is 4. The summed E-state index contributed by atoms with van der Waals surface area (Å²) in [7, 11) is 0. The van der Waals surface area contributed by atoms with Crippen LogP contribution in [0.15, 0.2) is 5.11 Å². The molecule has 0 radical (unpaired) electrons. The number of amides is 2. The van der Waals surface area contributed by atoms with Crippen LogP contribution in [0.4, 0.5) is 0 Å². The molecule has 2 aliphatic rings. The third kappa shape index (κ3) is 6.91. The number of unbranched alkanes of at least 4 members (excludes halogenated alkanes) is 1. The van der Waals surface area contributed by atoms with Gasteiger partial charge in [0.05, 0.1) is 6.54 Å². The van der Waals surface area contributed by atoms with Crippen molar-refractivity contribution in [2.45, 2.75) is 71.4 Å². The highest BCUT2D eigenvalue weighted by molar-refractivity contribution is 6.01. The monoisotopic (exact) mass is 440 g/mol. The van der Waals surface area contributed by atoms with Crippen molar-refractivity contribution in [1.29, 1.82) is 0 Å². The standard InChI is InChI=1S/C19H28N4O8/c1-11-12(2)19(30-14(10-21-22-20)18(11)29-13(3)24)28-9-5-4-6-17(27)31-23-15(25)7-8-16(23)26/h11-12,14,18-19H,4-10H2,1-3H3/t11-,12?,14?,18-,19+/m1/s1. The van der Waals surface area contributed by atoms with Gasteiger partial charge in [0, 0.05) is 49.5 Å². The smallest absolute Gasteiger partial charge is 0.333 e. The van der Waals surface area contributed by atoms with Crippen molar-refractivity contribution in [1.82, 2.24) is 5.06 Å². The van der Waals surface area contributed by atoms with Gasteiger partial charge in [-0.05, 0) is 18.4 Å². The van der Waals surface area contributed by atoms with Crippen LogP contribution in [-0.4, -0.2) is 60.5 Å². The first-order valence-electron chi connectivity index (χ1n) is 10.3. The molecule has 2 amide bonds. The molecule has 2 heterocycles. The number of hydroxylamine groups is 2. The number of esters is 1. The highest BCUT2D eigenvalue weighted by Gasteiger charge is 2.43. The summed E-state index contributed by atoms with van der Waals surface area (Å²) in [5, 5.41) is 4.06. The van der Waals surface area contributed by atoms with Crippen molar-refractivity contribution in [3.63, 3.8) is 0 Å². The number of carbonyl (C=O) groups is 4. The van der Waals surface area contributed by atoms with E-state index in [0.29, 0.717) is 24.5 Å². The molecule has 0 bridgehead atoms.